The van der Waals surface area contributed by atoms with Crippen LogP contribution in [0.2, 0.25) is 5.02 Å². The molecule has 0 unspecified atom stereocenters. The molecule has 1 aliphatic rings. The molecule has 4 aromatic rings. The number of anilines is 1. The van der Waals surface area contributed by atoms with E-state index in [4.69, 9.17) is 16.3 Å². The number of rotatable bonds is 7. The summed E-state index contributed by atoms with van der Waals surface area (Å²) in [5.41, 5.74) is 3.98. The second-order valence-corrected chi connectivity index (χ2v) is 11.8. The van der Waals surface area contributed by atoms with Crippen LogP contribution in [-0.2, 0) is 29.1 Å². The van der Waals surface area contributed by atoms with Crippen molar-refractivity contribution in [2.24, 2.45) is 0 Å². The van der Waals surface area contributed by atoms with Crippen molar-refractivity contribution in [1.29, 1.82) is 0 Å². The number of amides is 2. The Bertz CT molecular complexity index is 1560. The first kappa shape index (κ1) is 32.2. The summed E-state index contributed by atoms with van der Waals surface area (Å²) in [6.45, 7) is 5.44. The van der Waals surface area contributed by atoms with E-state index in [-0.39, 0.29) is 42.0 Å². The third kappa shape index (κ3) is 8.71. The lowest BCUT2D eigenvalue weighted by atomic mass is 10.0. The smallest absolute Gasteiger partial charge is 0.264 e. The average molecular weight is 628 g/mol. The topological polar surface area (TPSA) is 53.1 Å². The van der Waals surface area contributed by atoms with E-state index in [0.29, 0.717) is 18.8 Å². The number of nitrogens with zero attached hydrogens (tertiary/aromatic N) is 3. The van der Waals surface area contributed by atoms with Gasteiger partial charge in [-0.2, -0.15) is 0 Å². The highest BCUT2D eigenvalue weighted by molar-refractivity contribution is 6.31. The lowest BCUT2D eigenvalue weighted by Crippen LogP contribution is -2.41. The zero-order valence-electron chi connectivity index (χ0n) is 25.6. The van der Waals surface area contributed by atoms with Crippen molar-refractivity contribution in [2.75, 3.05) is 37.7 Å². The Morgan fingerprint density at radius 2 is 1.49 bits per heavy atom. The molecule has 0 bridgehead atoms. The molecule has 45 heavy (non-hydrogen) atoms. The summed E-state index contributed by atoms with van der Waals surface area (Å²) in [5, 5.41) is 0.234. The number of benzene rings is 4. The first-order valence-corrected chi connectivity index (χ1v) is 15.8. The van der Waals surface area contributed by atoms with Crippen LogP contribution < -0.4 is 9.64 Å². The number of hydrogen-bond acceptors (Lipinski definition) is 4. The van der Waals surface area contributed by atoms with Gasteiger partial charge in [-0.25, -0.2) is 4.39 Å². The Labute approximate surface area is 270 Å². The van der Waals surface area contributed by atoms with Gasteiger partial charge in [0.15, 0.2) is 6.61 Å². The van der Waals surface area contributed by atoms with E-state index < -0.39 is 5.82 Å². The molecule has 1 aliphatic heterocycles. The zero-order chi connectivity index (χ0) is 31.6. The summed E-state index contributed by atoms with van der Waals surface area (Å²) in [5.74, 6) is -0.239. The van der Waals surface area contributed by atoms with Gasteiger partial charge in [0.25, 0.3) is 5.91 Å². The van der Waals surface area contributed by atoms with Gasteiger partial charge >= 0.3 is 0 Å². The number of ether oxygens (including phenoxy) is 1. The molecule has 0 aromatic heterocycles. The number of halogens is 2. The van der Waals surface area contributed by atoms with Crippen LogP contribution in [0.3, 0.4) is 0 Å². The number of hydrogen-bond donors (Lipinski definition) is 0. The van der Waals surface area contributed by atoms with Gasteiger partial charge in [-0.15, -0.1) is 0 Å². The Morgan fingerprint density at radius 3 is 2.22 bits per heavy atom. The molecule has 234 valence electrons. The second-order valence-electron chi connectivity index (χ2n) is 11.4. The van der Waals surface area contributed by atoms with Gasteiger partial charge in [0.05, 0.1) is 12.1 Å². The fourth-order valence-electron chi connectivity index (χ4n) is 5.85. The summed E-state index contributed by atoms with van der Waals surface area (Å²) in [4.78, 5) is 33.6. The fourth-order valence-corrected chi connectivity index (χ4v) is 6.08. The van der Waals surface area contributed by atoms with Crippen LogP contribution in [-0.4, -0.2) is 54.4 Å². The highest BCUT2D eigenvalue weighted by Crippen LogP contribution is 2.29. The zero-order valence-corrected chi connectivity index (χ0v) is 26.4. The van der Waals surface area contributed by atoms with E-state index in [0.717, 1.165) is 49.3 Å². The largest absolute Gasteiger partial charge is 0.484 e. The van der Waals surface area contributed by atoms with Crippen LogP contribution >= 0.6 is 11.6 Å². The summed E-state index contributed by atoms with van der Waals surface area (Å²) in [6, 6.07) is 30.0. The minimum Gasteiger partial charge on any atom is -0.484 e. The third-order valence-electron chi connectivity index (χ3n) is 8.11. The Morgan fingerprint density at radius 1 is 0.800 bits per heavy atom. The van der Waals surface area contributed by atoms with E-state index in [9.17, 15) is 14.0 Å². The number of aryl methyl sites for hydroxylation is 1. The van der Waals surface area contributed by atoms with Crippen molar-refractivity contribution in [1.82, 2.24) is 9.80 Å². The summed E-state index contributed by atoms with van der Waals surface area (Å²) < 4.78 is 20.6. The molecule has 0 aliphatic carbocycles. The number of fused-ring (bicyclic) bond motifs is 1. The fraction of sp³-hybridized carbons (Fsp3) is 0.297. The van der Waals surface area contributed by atoms with Crippen molar-refractivity contribution in [3.63, 3.8) is 0 Å². The Hall–Kier alpha value is -4.20. The highest BCUT2D eigenvalue weighted by Gasteiger charge is 2.25. The van der Waals surface area contributed by atoms with Crippen LogP contribution in [0.15, 0.2) is 97.1 Å². The molecule has 4 aromatic carbocycles. The van der Waals surface area contributed by atoms with E-state index in [1.165, 1.54) is 17.7 Å². The molecule has 0 radical (unpaired) electrons. The quantitative estimate of drug-likeness (QED) is 0.220. The van der Waals surface area contributed by atoms with E-state index in [1.807, 2.05) is 78.6 Å². The van der Waals surface area contributed by atoms with Gasteiger partial charge in [0.2, 0.25) is 5.91 Å². The number of carbonyl (C=O) groups excluding carboxylic acids is 2. The van der Waals surface area contributed by atoms with E-state index in [1.54, 1.807) is 11.0 Å². The maximum atomic E-state index is 14.7. The minimum atomic E-state index is -0.495. The van der Waals surface area contributed by atoms with Gasteiger partial charge in [-0.1, -0.05) is 84.4 Å². The van der Waals surface area contributed by atoms with E-state index >= 15 is 0 Å². The molecular formula is C37H39ClFN3O3. The van der Waals surface area contributed by atoms with Crippen LogP contribution in [0.1, 0.15) is 35.1 Å². The Balaban J connectivity index is 1.45. The lowest BCUT2D eigenvalue weighted by Gasteiger charge is -2.32. The van der Waals surface area contributed by atoms with E-state index in [2.05, 4.69) is 17.0 Å². The molecule has 0 saturated heterocycles. The monoisotopic (exact) mass is 627 g/mol. The molecule has 0 N–H and O–H groups in total. The van der Waals surface area contributed by atoms with Crippen LogP contribution in [0.25, 0.3) is 0 Å². The van der Waals surface area contributed by atoms with Crippen LogP contribution in [0.4, 0.5) is 10.1 Å². The van der Waals surface area contributed by atoms with Gasteiger partial charge in [0.1, 0.15) is 11.6 Å². The standard InChI is InChI=1S/C37H39ClFN3O3/c1-28-12-8-15-30-26-41(35(43)24-32-33(38)18-9-19-34(32)39)22-10-20-40(25-29-13-4-2-5-14-29)21-11-23-42(37(28)30)36(44)27-45-31-16-6-3-7-17-31/h2-9,12-19H,10-11,20-27H2,1H3. The second kappa shape index (κ2) is 15.7. The van der Waals surface area contributed by atoms with Gasteiger partial charge < -0.3 is 14.5 Å². The molecule has 2 amide bonds. The Kier molecular flexibility index (Phi) is 11.2. The van der Waals surface area contributed by atoms with Crippen molar-refractivity contribution >= 4 is 29.1 Å². The first-order valence-electron chi connectivity index (χ1n) is 15.4. The molecule has 5 rings (SSSR count). The van der Waals surface area contributed by atoms with Crippen LogP contribution in [0.5, 0.6) is 5.75 Å². The summed E-state index contributed by atoms with van der Waals surface area (Å²) >= 11 is 6.31. The molecule has 0 saturated carbocycles. The molecular weight excluding hydrogens is 589 g/mol. The van der Waals surface area contributed by atoms with Crippen molar-refractivity contribution in [3.8, 4) is 5.75 Å². The van der Waals surface area contributed by atoms with Crippen LogP contribution in [0, 0.1) is 12.7 Å². The molecule has 0 atom stereocenters. The van der Waals surface area contributed by atoms with Crippen molar-refractivity contribution < 1.29 is 18.7 Å². The predicted molar refractivity (Wildman–Crippen MR) is 177 cm³/mol. The van der Waals surface area contributed by atoms with Gasteiger partial charge in [-0.3, -0.25) is 14.5 Å². The van der Waals surface area contributed by atoms with Gasteiger partial charge in [0, 0.05) is 49.9 Å². The molecule has 6 nitrogen and oxygen atoms in total. The molecule has 0 spiro atoms. The summed E-state index contributed by atoms with van der Waals surface area (Å²) in [7, 11) is 0. The maximum Gasteiger partial charge on any atom is 0.264 e. The maximum absolute atomic E-state index is 14.7. The minimum absolute atomic E-state index is 0.111. The van der Waals surface area contributed by atoms with Crippen molar-refractivity contribution in [3.05, 3.63) is 130 Å². The molecule has 8 heteroatoms. The lowest BCUT2D eigenvalue weighted by molar-refractivity contribution is -0.131. The third-order valence-corrected chi connectivity index (χ3v) is 8.46. The normalized spacial score (nSPS) is 14.6. The average Bonchev–Trinajstić information content (AvgIpc) is 3.04. The first-order chi connectivity index (χ1) is 21.9. The highest BCUT2D eigenvalue weighted by atomic mass is 35.5. The number of para-hydroxylation sites is 2. The van der Waals surface area contributed by atoms with Gasteiger partial charge in [-0.05, 0) is 60.7 Å². The summed E-state index contributed by atoms with van der Waals surface area (Å²) in [6.07, 6.45) is 1.37. The molecule has 0 fully saturated rings. The van der Waals surface area contributed by atoms with Crippen molar-refractivity contribution in [2.45, 2.75) is 39.3 Å². The number of carbonyl (C=O) groups is 2. The SMILES string of the molecule is Cc1cccc2c1N(C(=O)COc1ccccc1)CCCN(Cc1ccccc1)CCCN(C(=O)Cc1c(F)cccc1Cl)C2. The molecule has 1 heterocycles. The predicted octanol–water partition coefficient (Wildman–Crippen LogP) is 7.07.